The molecule has 0 aliphatic carbocycles. The molecule has 0 fully saturated rings. The fourth-order valence-corrected chi connectivity index (χ4v) is 2.77. The zero-order valence-corrected chi connectivity index (χ0v) is 18.6. The van der Waals surface area contributed by atoms with Crippen LogP contribution in [0.1, 0.15) is 38.8 Å². The molecule has 7 heteroatoms. The Hall–Kier alpha value is -2.86. The third-order valence-corrected chi connectivity index (χ3v) is 3.76. The summed E-state index contributed by atoms with van der Waals surface area (Å²) >= 11 is 6.01. The summed E-state index contributed by atoms with van der Waals surface area (Å²) in [5.41, 5.74) is 9.07. The van der Waals surface area contributed by atoms with E-state index in [2.05, 4.69) is 21.6 Å². The van der Waals surface area contributed by atoms with E-state index in [0.717, 1.165) is 22.6 Å². The number of aromatic nitrogens is 4. The Balaban J connectivity index is 0.000000989. The monoisotopic (exact) mass is 415 g/mol. The minimum atomic E-state index is 0.119. The standard InChI is InChI=1S/C18H18ClN5O.2C2H6/c1-3-8-25-15-7-5-4-6-12(15)9-13-11-24(2)23-17(13)14-10-16(19)22-18(20)21-14;2*1-2/h3-7,10-11H,1,8-9H2,2H3,(H2,20,21,22);2*1-2H3. The average molecular weight is 416 g/mol. The lowest BCUT2D eigenvalue weighted by molar-refractivity contribution is 0.360. The number of nitrogen functional groups attached to an aromatic ring is 1. The van der Waals surface area contributed by atoms with E-state index in [4.69, 9.17) is 22.1 Å². The zero-order valence-electron chi connectivity index (χ0n) is 17.8. The normalized spacial score (nSPS) is 9.59. The zero-order chi connectivity index (χ0) is 21.8. The Bertz CT molecular complexity index is 888. The molecule has 0 bridgehead atoms. The lowest BCUT2D eigenvalue weighted by Crippen LogP contribution is -2.00. The highest BCUT2D eigenvalue weighted by Crippen LogP contribution is 2.28. The molecule has 1 aromatic carbocycles. The summed E-state index contributed by atoms with van der Waals surface area (Å²) in [6.45, 7) is 12.1. The molecule has 0 aliphatic rings. The summed E-state index contributed by atoms with van der Waals surface area (Å²) in [4.78, 5) is 8.15. The van der Waals surface area contributed by atoms with Crippen LogP contribution >= 0.6 is 11.6 Å². The van der Waals surface area contributed by atoms with E-state index in [9.17, 15) is 0 Å². The number of anilines is 1. The maximum absolute atomic E-state index is 6.01. The van der Waals surface area contributed by atoms with Gasteiger partial charge in [-0.25, -0.2) is 9.97 Å². The summed E-state index contributed by atoms with van der Waals surface area (Å²) in [5, 5.41) is 4.79. The smallest absolute Gasteiger partial charge is 0.222 e. The highest BCUT2D eigenvalue weighted by molar-refractivity contribution is 6.29. The molecule has 0 atom stereocenters. The van der Waals surface area contributed by atoms with Gasteiger partial charge >= 0.3 is 0 Å². The first-order valence-corrected chi connectivity index (χ1v) is 10.1. The van der Waals surface area contributed by atoms with Gasteiger partial charge in [-0.3, -0.25) is 4.68 Å². The number of para-hydroxylation sites is 1. The predicted molar refractivity (Wildman–Crippen MR) is 121 cm³/mol. The molecule has 3 rings (SSSR count). The van der Waals surface area contributed by atoms with Crippen LogP contribution < -0.4 is 10.5 Å². The van der Waals surface area contributed by atoms with Crippen LogP contribution in [-0.2, 0) is 13.5 Å². The van der Waals surface area contributed by atoms with Crippen LogP contribution in [0, 0.1) is 0 Å². The Kier molecular flexibility index (Phi) is 10.5. The lowest BCUT2D eigenvalue weighted by Gasteiger charge is -2.10. The van der Waals surface area contributed by atoms with E-state index in [1.54, 1.807) is 16.8 Å². The highest BCUT2D eigenvalue weighted by Gasteiger charge is 2.15. The number of rotatable bonds is 6. The topological polar surface area (TPSA) is 78.8 Å². The van der Waals surface area contributed by atoms with Gasteiger partial charge in [0, 0.05) is 31.3 Å². The molecule has 0 unspecified atom stereocenters. The molecule has 0 saturated heterocycles. The van der Waals surface area contributed by atoms with Crippen LogP contribution in [0.15, 0.2) is 49.2 Å². The largest absolute Gasteiger partial charge is 0.489 e. The van der Waals surface area contributed by atoms with E-state index in [-0.39, 0.29) is 11.1 Å². The number of nitrogens with zero attached hydrogens (tertiary/aromatic N) is 4. The number of hydrogen-bond acceptors (Lipinski definition) is 5. The van der Waals surface area contributed by atoms with Gasteiger partial charge in [-0.05, 0) is 11.6 Å². The van der Waals surface area contributed by atoms with Gasteiger partial charge < -0.3 is 10.5 Å². The second-order valence-electron chi connectivity index (χ2n) is 5.49. The van der Waals surface area contributed by atoms with Crippen molar-refractivity contribution in [2.24, 2.45) is 7.05 Å². The van der Waals surface area contributed by atoms with E-state index < -0.39 is 0 Å². The van der Waals surface area contributed by atoms with Gasteiger partial charge in [-0.2, -0.15) is 5.10 Å². The first-order chi connectivity index (χ1) is 14.1. The molecule has 29 heavy (non-hydrogen) atoms. The maximum atomic E-state index is 6.01. The van der Waals surface area contributed by atoms with Crippen molar-refractivity contribution in [3.8, 4) is 17.1 Å². The quantitative estimate of drug-likeness (QED) is 0.435. The van der Waals surface area contributed by atoms with Crippen molar-refractivity contribution in [3.05, 3.63) is 65.5 Å². The molecular weight excluding hydrogens is 386 g/mol. The van der Waals surface area contributed by atoms with Crippen LogP contribution in [-0.4, -0.2) is 26.4 Å². The van der Waals surface area contributed by atoms with Crippen molar-refractivity contribution in [1.29, 1.82) is 0 Å². The van der Waals surface area contributed by atoms with Crippen LogP contribution in [0.3, 0.4) is 0 Å². The number of nitrogens with two attached hydrogens (primary N) is 1. The lowest BCUT2D eigenvalue weighted by atomic mass is 10.0. The van der Waals surface area contributed by atoms with Gasteiger partial charge in [0.25, 0.3) is 0 Å². The molecule has 0 aliphatic heterocycles. The van der Waals surface area contributed by atoms with Gasteiger partial charge in [-0.15, -0.1) is 0 Å². The molecule has 3 aromatic rings. The minimum Gasteiger partial charge on any atom is -0.489 e. The van der Waals surface area contributed by atoms with Crippen LogP contribution in [0.25, 0.3) is 11.4 Å². The van der Waals surface area contributed by atoms with Crippen molar-refractivity contribution >= 4 is 17.5 Å². The first kappa shape index (κ1) is 24.2. The number of aryl methyl sites for hydroxylation is 1. The van der Waals surface area contributed by atoms with Gasteiger partial charge in [0.15, 0.2) is 0 Å². The molecule has 156 valence electrons. The van der Waals surface area contributed by atoms with E-state index in [1.165, 1.54) is 0 Å². The molecule has 0 spiro atoms. The molecule has 2 heterocycles. The molecule has 0 radical (unpaired) electrons. The summed E-state index contributed by atoms with van der Waals surface area (Å²) in [6.07, 6.45) is 4.31. The first-order valence-electron chi connectivity index (χ1n) is 9.71. The number of benzene rings is 1. The number of ether oxygens (including phenoxy) is 1. The fraction of sp³-hybridized carbons (Fsp3) is 0.318. The minimum absolute atomic E-state index is 0.119. The van der Waals surface area contributed by atoms with E-state index >= 15 is 0 Å². The second kappa shape index (κ2) is 12.6. The summed E-state index contributed by atoms with van der Waals surface area (Å²) in [5.74, 6) is 0.936. The van der Waals surface area contributed by atoms with Crippen molar-refractivity contribution in [1.82, 2.24) is 19.7 Å². The van der Waals surface area contributed by atoms with E-state index in [1.807, 2.05) is 65.2 Å². The second-order valence-corrected chi connectivity index (χ2v) is 5.88. The van der Waals surface area contributed by atoms with Gasteiger partial charge in [0.05, 0.1) is 5.69 Å². The Labute approximate surface area is 178 Å². The molecule has 2 aromatic heterocycles. The Morgan fingerprint density at radius 2 is 1.83 bits per heavy atom. The van der Waals surface area contributed by atoms with E-state index in [0.29, 0.717) is 18.7 Å². The van der Waals surface area contributed by atoms with Gasteiger partial charge in [-0.1, -0.05) is 70.1 Å². The Morgan fingerprint density at radius 1 is 1.14 bits per heavy atom. The molecule has 0 saturated carbocycles. The van der Waals surface area contributed by atoms with Crippen LogP contribution in [0.5, 0.6) is 5.75 Å². The summed E-state index contributed by atoms with van der Waals surface area (Å²) < 4.78 is 7.48. The molecule has 2 N–H and O–H groups in total. The molecule has 6 nitrogen and oxygen atoms in total. The van der Waals surface area contributed by atoms with Crippen LogP contribution in [0.4, 0.5) is 5.95 Å². The number of halogens is 1. The summed E-state index contributed by atoms with van der Waals surface area (Å²) in [6, 6.07) is 9.54. The Morgan fingerprint density at radius 3 is 2.48 bits per heavy atom. The maximum Gasteiger partial charge on any atom is 0.222 e. The van der Waals surface area contributed by atoms with Crippen LogP contribution in [0.2, 0.25) is 5.15 Å². The molecule has 0 amide bonds. The van der Waals surface area contributed by atoms with Crippen molar-refractivity contribution in [2.75, 3.05) is 12.3 Å². The highest BCUT2D eigenvalue weighted by atomic mass is 35.5. The third-order valence-electron chi connectivity index (χ3n) is 3.57. The average Bonchev–Trinajstić information content (AvgIpc) is 3.10. The third kappa shape index (κ3) is 6.91. The predicted octanol–water partition coefficient (Wildman–Crippen LogP) is 5.32. The summed E-state index contributed by atoms with van der Waals surface area (Å²) in [7, 11) is 1.86. The van der Waals surface area contributed by atoms with Crippen molar-refractivity contribution in [2.45, 2.75) is 34.1 Å². The molecular formula is C22H30ClN5O. The van der Waals surface area contributed by atoms with Gasteiger partial charge in [0.2, 0.25) is 5.95 Å². The van der Waals surface area contributed by atoms with Crippen molar-refractivity contribution in [3.63, 3.8) is 0 Å². The van der Waals surface area contributed by atoms with Crippen molar-refractivity contribution < 1.29 is 4.74 Å². The SMILES string of the molecule is C=CCOc1ccccc1Cc1cn(C)nc1-c1cc(Cl)nc(N)n1.CC.CC. The number of hydrogen-bond donors (Lipinski definition) is 1. The fourth-order valence-electron chi connectivity index (χ4n) is 2.58. The van der Waals surface area contributed by atoms with Gasteiger partial charge in [0.1, 0.15) is 23.2 Å².